The molecule has 0 unspecified atom stereocenters. The maximum atomic E-state index is 14.0. The first-order valence-corrected chi connectivity index (χ1v) is 14.6. The summed E-state index contributed by atoms with van der Waals surface area (Å²) in [7, 11) is 1.63. The van der Waals surface area contributed by atoms with E-state index in [1.165, 1.54) is 12.1 Å². The van der Waals surface area contributed by atoms with E-state index in [2.05, 4.69) is 37.1 Å². The lowest BCUT2D eigenvalue weighted by atomic mass is 9.91. The van der Waals surface area contributed by atoms with Gasteiger partial charge in [0.15, 0.2) is 0 Å². The number of hydrogen-bond acceptors (Lipinski definition) is 6. The minimum absolute atomic E-state index is 0. The fourth-order valence-corrected chi connectivity index (χ4v) is 6.49. The average Bonchev–Trinajstić information content (AvgIpc) is 3.42. The van der Waals surface area contributed by atoms with Crippen molar-refractivity contribution < 1.29 is 18.7 Å². The van der Waals surface area contributed by atoms with E-state index in [9.17, 15) is 14.0 Å². The minimum Gasteiger partial charge on any atom is -0.497 e. The molecular formula is C33H40Cl2FN5O3. The van der Waals surface area contributed by atoms with Gasteiger partial charge in [0.25, 0.3) is 5.91 Å². The SMILES string of the molecule is COc1ccc2c(c1)CN(C[C@H]1CN[C@H](C)CN1CC(=O)N1CC(C)(C)c3ncc(Cc4ccc(F)cc4)cc31)C2=O.Cl.Cl. The monoisotopic (exact) mass is 643 g/mol. The molecule has 0 aliphatic carbocycles. The fourth-order valence-electron chi connectivity index (χ4n) is 6.49. The van der Waals surface area contributed by atoms with Gasteiger partial charge in [-0.05, 0) is 66.4 Å². The molecule has 3 aliphatic heterocycles. The molecule has 4 heterocycles. The van der Waals surface area contributed by atoms with Gasteiger partial charge in [-0.3, -0.25) is 19.5 Å². The first-order valence-electron chi connectivity index (χ1n) is 14.6. The van der Waals surface area contributed by atoms with E-state index >= 15 is 0 Å². The molecule has 8 nitrogen and oxygen atoms in total. The van der Waals surface area contributed by atoms with E-state index in [0.29, 0.717) is 39.1 Å². The molecule has 1 fully saturated rings. The molecule has 1 saturated heterocycles. The van der Waals surface area contributed by atoms with Crippen LogP contribution in [-0.4, -0.2) is 78.5 Å². The second-order valence-electron chi connectivity index (χ2n) is 12.5. The highest BCUT2D eigenvalue weighted by atomic mass is 35.5. The summed E-state index contributed by atoms with van der Waals surface area (Å²) >= 11 is 0. The summed E-state index contributed by atoms with van der Waals surface area (Å²) in [6.07, 6.45) is 2.48. The van der Waals surface area contributed by atoms with E-state index in [4.69, 9.17) is 9.72 Å². The number of piperazine rings is 1. The first-order chi connectivity index (χ1) is 20.1. The quantitative estimate of drug-likeness (QED) is 0.405. The summed E-state index contributed by atoms with van der Waals surface area (Å²) < 4.78 is 18.8. The van der Waals surface area contributed by atoms with Gasteiger partial charge < -0.3 is 19.9 Å². The molecule has 2 amide bonds. The van der Waals surface area contributed by atoms with Crippen LogP contribution in [0.2, 0.25) is 0 Å². The van der Waals surface area contributed by atoms with Crippen molar-refractivity contribution in [3.8, 4) is 5.75 Å². The van der Waals surface area contributed by atoms with E-state index in [1.54, 1.807) is 19.2 Å². The summed E-state index contributed by atoms with van der Waals surface area (Å²) in [5.41, 5.74) is 5.15. The van der Waals surface area contributed by atoms with Gasteiger partial charge in [-0.25, -0.2) is 4.39 Å². The predicted molar refractivity (Wildman–Crippen MR) is 174 cm³/mol. The highest BCUT2D eigenvalue weighted by molar-refractivity contribution is 5.99. The van der Waals surface area contributed by atoms with E-state index in [0.717, 1.165) is 39.4 Å². The van der Waals surface area contributed by atoms with Crippen molar-refractivity contribution in [3.05, 3.63) is 88.5 Å². The van der Waals surface area contributed by atoms with E-state index < -0.39 is 0 Å². The molecule has 11 heteroatoms. The zero-order chi connectivity index (χ0) is 29.6. The number of anilines is 1. The number of amides is 2. The number of fused-ring (bicyclic) bond motifs is 2. The van der Waals surface area contributed by atoms with E-state index in [1.807, 2.05) is 34.2 Å². The Morgan fingerprint density at radius 2 is 1.86 bits per heavy atom. The number of aromatic nitrogens is 1. The molecule has 2 atom stereocenters. The van der Waals surface area contributed by atoms with Crippen LogP contribution in [0.25, 0.3) is 0 Å². The Bertz CT molecular complexity index is 1520. The first kappa shape index (κ1) is 33.6. The van der Waals surface area contributed by atoms with Gasteiger partial charge in [0.2, 0.25) is 5.91 Å². The van der Waals surface area contributed by atoms with Crippen molar-refractivity contribution in [1.29, 1.82) is 0 Å². The number of rotatable bonds is 7. The molecule has 44 heavy (non-hydrogen) atoms. The summed E-state index contributed by atoms with van der Waals surface area (Å²) in [6.45, 7) is 9.66. The van der Waals surface area contributed by atoms with Crippen LogP contribution in [0.1, 0.15) is 53.5 Å². The van der Waals surface area contributed by atoms with Crippen molar-refractivity contribution in [3.63, 3.8) is 0 Å². The Labute approximate surface area is 270 Å². The second-order valence-corrected chi connectivity index (χ2v) is 12.5. The van der Waals surface area contributed by atoms with Crippen LogP contribution in [0.3, 0.4) is 0 Å². The van der Waals surface area contributed by atoms with Crippen LogP contribution in [0.5, 0.6) is 5.75 Å². The number of nitrogens with one attached hydrogen (secondary N) is 1. The fraction of sp³-hybridized carbons (Fsp3) is 0.424. The van der Waals surface area contributed by atoms with Gasteiger partial charge in [-0.2, -0.15) is 0 Å². The Morgan fingerprint density at radius 1 is 1.11 bits per heavy atom. The number of methoxy groups -OCH3 is 1. The number of hydrogen-bond donors (Lipinski definition) is 1. The Balaban J connectivity index is 0.00000221. The lowest BCUT2D eigenvalue weighted by Gasteiger charge is -2.41. The van der Waals surface area contributed by atoms with Crippen molar-refractivity contribution in [2.45, 2.75) is 51.2 Å². The topological polar surface area (TPSA) is 78.0 Å². The van der Waals surface area contributed by atoms with Gasteiger partial charge in [0.05, 0.1) is 25.0 Å². The number of carbonyl (C=O) groups excluding carboxylic acids is 2. The molecule has 1 N–H and O–H groups in total. The van der Waals surface area contributed by atoms with Gasteiger partial charge in [0, 0.05) is 62.0 Å². The van der Waals surface area contributed by atoms with Crippen LogP contribution in [-0.2, 0) is 23.2 Å². The Hall–Kier alpha value is -3.24. The normalized spacial score (nSPS) is 20.4. The summed E-state index contributed by atoms with van der Waals surface area (Å²) in [5.74, 6) is 0.534. The molecule has 0 spiro atoms. The lowest BCUT2D eigenvalue weighted by molar-refractivity contribution is -0.120. The minimum atomic E-state index is -0.273. The van der Waals surface area contributed by atoms with Crippen molar-refractivity contribution >= 4 is 42.3 Å². The average molecular weight is 645 g/mol. The highest BCUT2D eigenvalue weighted by Gasteiger charge is 2.41. The lowest BCUT2D eigenvalue weighted by Crippen LogP contribution is -2.60. The number of pyridine rings is 1. The summed E-state index contributed by atoms with van der Waals surface area (Å²) in [5, 5.41) is 3.54. The van der Waals surface area contributed by atoms with Crippen LogP contribution >= 0.6 is 24.8 Å². The summed E-state index contributed by atoms with van der Waals surface area (Å²) in [6, 6.07) is 14.4. The zero-order valence-corrected chi connectivity index (χ0v) is 27.1. The number of halogens is 3. The molecule has 2 aromatic carbocycles. The molecular weight excluding hydrogens is 604 g/mol. The van der Waals surface area contributed by atoms with Crippen LogP contribution in [0.15, 0.2) is 54.7 Å². The van der Waals surface area contributed by atoms with Gasteiger partial charge in [-0.15, -0.1) is 24.8 Å². The van der Waals surface area contributed by atoms with Crippen LogP contribution < -0.4 is 15.0 Å². The van der Waals surface area contributed by atoms with Gasteiger partial charge in [-0.1, -0.05) is 26.0 Å². The van der Waals surface area contributed by atoms with Crippen LogP contribution in [0, 0.1) is 5.82 Å². The molecule has 1 aromatic heterocycles. The van der Waals surface area contributed by atoms with Crippen molar-refractivity contribution in [2.75, 3.05) is 44.7 Å². The molecule has 236 valence electrons. The molecule has 3 aliphatic rings. The third-order valence-corrected chi connectivity index (χ3v) is 8.72. The third-order valence-electron chi connectivity index (χ3n) is 8.72. The zero-order valence-electron chi connectivity index (χ0n) is 25.5. The number of ether oxygens (including phenoxy) is 1. The van der Waals surface area contributed by atoms with Crippen molar-refractivity contribution in [2.24, 2.45) is 0 Å². The Kier molecular flexibility index (Phi) is 10.2. The van der Waals surface area contributed by atoms with Crippen molar-refractivity contribution in [1.82, 2.24) is 20.1 Å². The molecule has 3 aromatic rings. The van der Waals surface area contributed by atoms with Crippen LogP contribution in [0.4, 0.5) is 10.1 Å². The summed E-state index contributed by atoms with van der Waals surface area (Å²) in [4.78, 5) is 38.0. The largest absolute Gasteiger partial charge is 0.497 e. The van der Waals surface area contributed by atoms with Gasteiger partial charge in [0.1, 0.15) is 11.6 Å². The number of nitrogens with zero attached hydrogens (tertiary/aromatic N) is 4. The molecule has 0 radical (unpaired) electrons. The second kappa shape index (κ2) is 13.4. The predicted octanol–water partition coefficient (Wildman–Crippen LogP) is 4.61. The number of benzene rings is 2. The molecule has 0 bridgehead atoms. The van der Waals surface area contributed by atoms with E-state index in [-0.39, 0.29) is 66.5 Å². The highest BCUT2D eigenvalue weighted by Crippen LogP contribution is 2.40. The standard InChI is InChI=1S/C33H38FN5O3.2ClH/c1-21-16-37(26(15-35-21)18-38-17-24-13-27(42-4)9-10-28(24)32(38)41)19-30(40)39-20-33(2,3)31-29(39)12-23(14-36-31)11-22-5-7-25(34)8-6-22;;/h5-10,12-14,21,26,35H,11,15-20H2,1-4H3;2*1H/t21-,26-;;/m1../s1. The Morgan fingerprint density at radius 3 is 2.59 bits per heavy atom. The number of carbonyl (C=O) groups is 2. The molecule has 6 rings (SSSR count). The van der Waals surface area contributed by atoms with Gasteiger partial charge >= 0.3 is 0 Å². The molecule has 0 saturated carbocycles. The smallest absolute Gasteiger partial charge is 0.254 e. The maximum Gasteiger partial charge on any atom is 0.254 e. The maximum absolute atomic E-state index is 14.0. The third kappa shape index (κ3) is 6.71.